The zero-order valence-electron chi connectivity index (χ0n) is 8.20. The lowest BCUT2D eigenvalue weighted by Gasteiger charge is -2.14. The molecule has 3 nitrogen and oxygen atoms in total. The lowest BCUT2D eigenvalue weighted by Crippen LogP contribution is -2.15. The van der Waals surface area contributed by atoms with Crippen LogP contribution >= 0.6 is 11.6 Å². The summed E-state index contributed by atoms with van der Waals surface area (Å²) in [6, 6.07) is 4.00. The van der Waals surface area contributed by atoms with Crippen LogP contribution in [0.3, 0.4) is 0 Å². The van der Waals surface area contributed by atoms with Crippen molar-refractivity contribution in [2.75, 3.05) is 11.9 Å². The first kappa shape index (κ1) is 11.3. The summed E-state index contributed by atoms with van der Waals surface area (Å²) in [7, 11) is 0. The number of halogens is 1. The number of hydrogen-bond acceptors (Lipinski definition) is 3. The van der Waals surface area contributed by atoms with Crippen molar-refractivity contribution in [1.82, 2.24) is 4.98 Å². The molecule has 0 fully saturated rings. The first-order chi connectivity index (χ1) is 6.72. The minimum atomic E-state index is 0.239. The highest BCUT2D eigenvalue weighted by Gasteiger charge is 2.01. The maximum Gasteiger partial charge on any atom is 0.131 e. The normalized spacial score (nSPS) is 12.5. The lowest BCUT2D eigenvalue weighted by atomic mass is 10.2. The van der Waals surface area contributed by atoms with Gasteiger partial charge in [-0.25, -0.2) is 4.98 Å². The van der Waals surface area contributed by atoms with Gasteiger partial charge in [-0.05, 0) is 31.9 Å². The van der Waals surface area contributed by atoms with Crippen molar-refractivity contribution in [3.8, 4) is 0 Å². The quantitative estimate of drug-likeness (QED) is 0.740. The van der Waals surface area contributed by atoms with E-state index in [1.807, 2.05) is 6.07 Å². The van der Waals surface area contributed by atoms with E-state index in [2.05, 4.69) is 17.2 Å². The Bertz CT molecular complexity index is 281. The standard InChI is InChI=1S/C10H15ClN2O/c1-8(3-2-6-14)13-9-4-5-12-10(11)7-9/h4-5,7-8,14H,2-3,6H2,1H3,(H,12,13). The van der Waals surface area contributed by atoms with Gasteiger partial charge in [-0.1, -0.05) is 11.6 Å². The summed E-state index contributed by atoms with van der Waals surface area (Å²) in [5.41, 5.74) is 0.968. The molecule has 1 aromatic heterocycles. The number of anilines is 1. The van der Waals surface area contributed by atoms with Gasteiger partial charge < -0.3 is 10.4 Å². The molecule has 0 aliphatic heterocycles. The van der Waals surface area contributed by atoms with Crippen molar-refractivity contribution < 1.29 is 5.11 Å². The summed E-state index contributed by atoms with van der Waals surface area (Å²) in [4.78, 5) is 3.89. The predicted molar refractivity (Wildman–Crippen MR) is 58.7 cm³/mol. The molecule has 0 bridgehead atoms. The lowest BCUT2D eigenvalue weighted by molar-refractivity contribution is 0.282. The number of aromatic nitrogens is 1. The molecule has 2 N–H and O–H groups in total. The van der Waals surface area contributed by atoms with E-state index >= 15 is 0 Å². The monoisotopic (exact) mass is 214 g/mol. The number of hydrogen-bond donors (Lipinski definition) is 2. The van der Waals surface area contributed by atoms with E-state index in [0.29, 0.717) is 11.2 Å². The summed E-state index contributed by atoms with van der Waals surface area (Å²) in [5, 5.41) is 12.4. The zero-order chi connectivity index (χ0) is 10.4. The molecule has 0 spiro atoms. The van der Waals surface area contributed by atoms with Crippen molar-refractivity contribution in [1.29, 1.82) is 0 Å². The average Bonchev–Trinajstić information content (AvgIpc) is 2.15. The topological polar surface area (TPSA) is 45.1 Å². The predicted octanol–water partition coefficient (Wildman–Crippen LogP) is 2.31. The Labute approximate surface area is 89.1 Å². The minimum Gasteiger partial charge on any atom is -0.396 e. The number of pyridine rings is 1. The largest absolute Gasteiger partial charge is 0.396 e. The van der Waals surface area contributed by atoms with E-state index in [1.165, 1.54) is 0 Å². The van der Waals surface area contributed by atoms with Crippen molar-refractivity contribution in [2.45, 2.75) is 25.8 Å². The molecule has 1 aromatic rings. The summed E-state index contributed by atoms with van der Waals surface area (Å²) < 4.78 is 0. The molecule has 1 heterocycles. The third-order valence-corrected chi connectivity index (χ3v) is 2.14. The molecule has 4 heteroatoms. The van der Waals surface area contributed by atoms with Gasteiger partial charge in [0, 0.05) is 24.5 Å². The average molecular weight is 215 g/mol. The first-order valence-electron chi connectivity index (χ1n) is 4.71. The molecule has 0 saturated heterocycles. The van der Waals surface area contributed by atoms with Crippen molar-refractivity contribution >= 4 is 17.3 Å². The molecule has 1 atom stereocenters. The van der Waals surface area contributed by atoms with Crippen LogP contribution in [0.5, 0.6) is 0 Å². The third-order valence-electron chi connectivity index (χ3n) is 1.93. The Morgan fingerprint density at radius 2 is 2.43 bits per heavy atom. The van der Waals surface area contributed by atoms with Crippen LogP contribution in [0.15, 0.2) is 18.3 Å². The zero-order valence-corrected chi connectivity index (χ0v) is 8.96. The fraction of sp³-hybridized carbons (Fsp3) is 0.500. The second-order valence-electron chi connectivity index (χ2n) is 3.28. The van der Waals surface area contributed by atoms with Crippen LogP contribution in [0.1, 0.15) is 19.8 Å². The van der Waals surface area contributed by atoms with Crippen LogP contribution in [-0.4, -0.2) is 22.7 Å². The maximum atomic E-state index is 8.67. The van der Waals surface area contributed by atoms with E-state index in [1.54, 1.807) is 12.3 Å². The molecular weight excluding hydrogens is 200 g/mol. The molecular formula is C10H15ClN2O. The molecule has 0 aliphatic rings. The highest BCUT2D eigenvalue weighted by atomic mass is 35.5. The van der Waals surface area contributed by atoms with Gasteiger partial charge in [0.2, 0.25) is 0 Å². The maximum absolute atomic E-state index is 8.67. The van der Waals surface area contributed by atoms with Crippen LogP contribution in [0.4, 0.5) is 5.69 Å². The minimum absolute atomic E-state index is 0.239. The van der Waals surface area contributed by atoms with Gasteiger partial charge in [-0.3, -0.25) is 0 Å². The van der Waals surface area contributed by atoms with E-state index in [4.69, 9.17) is 16.7 Å². The molecule has 14 heavy (non-hydrogen) atoms. The number of nitrogens with one attached hydrogen (secondary N) is 1. The molecule has 1 rings (SSSR count). The highest BCUT2D eigenvalue weighted by molar-refractivity contribution is 6.29. The SMILES string of the molecule is CC(CCCO)Nc1ccnc(Cl)c1. The molecule has 1 unspecified atom stereocenters. The Morgan fingerprint density at radius 3 is 3.07 bits per heavy atom. The van der Waals surface area contributed by atoms with Crippen LogP contribution in [0, 0.1) is 0 Å². The first-order valence-corrected chi connectivity index (χ1v) is 5.09. The van der Waals surface area contributed by atoms with Gasteiger partial charge in [0.05, 0.1) is 0 Å². The number of nitrogens with zero attached hydrogens (tertiary/aromatic N) is 1. The molecule has 0 saturated carbocycles. The molecule has 78 valence electrons. The molecule has 0 aromatic carbocycles. The number of rotatable bonds is 5. The van der Waals surface area contributed by atoms with Gasteiger partial charge in [0.25, 0.3) is 0 Å². The van der Waals surface area contributed by atoms with Crippen LogP contribution in [0.2, 0.25) is 5.15 Å². The van der Waals surface area contributed by atoms with Crippen molar-refractivity contribution in [3.05, 3.63) is 23.5 Å². The second kappa shape index (κ2) is 5.83. The van der Waals surface area contributed by atoms with Crippen molar-refractivity contribution in [2.24, 2.45) is 0 Å². The Morgan fingerprint density at radius 1 is 1.64 bits per heavy atom. The van der Waals surface area contributed by atoms with Crippen LogP contribution < -0.4 is 5.32 Å². The van der Waals surface area contributed by atoms with Crippen molar-refractivity contribution in [3.63, 3.8) is 0 Å². The van der Waals surface area contributed by atoms with Crippen LogP contribution in [0.25, 0.3) is 0 Å². The fourth-order valence-corrected chi connectivity index (χ4v) is 1.42. The summed E-state index contributed by atoms with van der Waals surface area (Å²) in [6.45, 7) is 2.31. The Balaban J connectivity index is 2.43. The van der Waals surface area contributed by atoms with Crippen LogP contribution in [-0.2, 0) is 0 Å². The fourth-order valence-electron chi connectivity index (χ4n) is 1.25. The van der Waals surface area contributed by atoms with E-state index < -0.39 is 0 Å². The molecule has 0 aliphatic carbocycles. The van der Waals surface area contributed by atoms with Gasteiger partial charge >= 0.3 is 0 Å². The van der Waals surface area contributed by atoms with Gasteiger partial charge in [-0.15, -0.1) is 0 Å². The number of aliphatic hydroxyl groups excluding tert-OH is 1. The number of aliphatic hydroxyl groups is 1. The summed E-state index contributed by atoms with van der Waals surface area (Å²) >= 11 is 5.74. The highest BCUT2D eigenvalue weighted by Crippen LogP contribution is 2.14. The van der Waals surface area contributed by atoms with E-state index in [9.17, 15) is 0 Å². The van der Waals surface area contributed by atoms with Gasteiger partial charge in [-0.2, -0.15) is 0 Å². The Kier molecular flexibility index (Phi) is 4.70. The third kappa shape index (κ3) is 3.94. The van der Waals surface area contributed by atoms with Gasteiger partial charge in [0.1, 0.15) is 5.15 Å². The van der Waals surface area contributed by atoms with E-state index in [0.717, 1.165) is 18.5 Å². The van der Waals surface area contributed by atoms with Gasteiger partial charge in [0.15, 0.2) is 0 Å². The Hall–Kier alpha value is -0.800. The molecule has 0 radical (unpaired) electrons. The molecule has 0 amide bonds. The second-order valence-corrected chi connectivity index (χ2v) is 3.67. The smallest absolute Gasteiger partial charge is 0.131 e. The summed E-state index contributed by atoms with van der Waals surface area (Å²) in [5.74, 6) is 0. The summed E-state index contributed by atoms with van der Waals surface area (Å²) in [6.07, 6.45) is 3.42. The van der Waals surface area contributed by atoms with E-state index in [-0.39, 0.29) is 6.61 Å².